The molecular weight excluding hydrogens is 410 g/mol. The van der Waals surface area contributed by atoms with Crippen molar-refractivity contribution in [3.05, 3.63) is 57.6 Å². The van der Waals surface area contributed by atoms with E-state index in [0.717, 1.165) is 27.1 Å². The topological polar surface area (TPSA) is 60.0 Å². The number of halogens is 1. The Morgan fingerprint density at radius 1 is 1.04 bits per heavy atom. The summed E-state index contributed by atoms with van der Waals surface area (Å²) in [6.07, 6.45) is 0. The van der Waals surface area contributed by atoms with Crippen LogP contribution in [0, 0.1) is 6.92 Å². The van der Waals surface area contributed by atoms with Gasteiger partial charge in [0.1, 0.15) is 6.61 Å². The Kier molecular flexibility index (Phi) is 9.62. The first-order valence-corrected chi connectivity index (χ1v) is 9.96. The maximum absolute atomic E-state index is 8.70. The highest BCUT2D eigenvalue weighted by molar-refractivity contribution is 9.10. The van der Waals surface area contributed by atoms with Crippen molar-refractivity contribution in [1.29, 1.82) is 0 Å². The molecule has 5 nitrogen and oxygen atoms in total. The molecule has 0 spiro atoms. The fourth-order valence-corrected chi connectivity index (χ4v) is 2.94. The summed E-state index contributed by atoms with van der Waals surface area (Å²) in [5.74, 6) is 1.46. The van der Waals surface area contributed by atoms with Crippen molar-refractivity contribution in [2.24, 2.45) is 0 Å². The molecule has 0 heterocycles. The van der Waals surface area contributed by atoms with Crippen LogP contribution in [-0.2, 0) is 17.9 Å². The van der Waals surface area contributed by atoms with Gasteiger partial charge in [-0.15, -0.1) is 0 Å². The van der Waals surface area contributed by atoms with E-state index < -0.39 is 0 Å². The van der Waals surface area contributed by atoms with Gasteiger partial charge in [0, 0.05) is 17.6 Å². The minimum Gasteiger partial charge on any atom is -0.490 e. The van der Waals surface area contributed by atoms with Crippen LogP contribution in [0.15, 0.2) is 40.9 Å². The molecule has 0 aliphatic carbocycles. The van der Waals surface area contributed by atoms with Crippen LogP contribution in [0.3, 0.4) is 0 Å². The standard InChI is InChI=1S/C21H28BrNO4/c1-3-26-20-12-18(14-23-8-10-25-11-9-24)19(22)13-21(20)27-15-17-6-4-16(2)5-7-17/h4-7,12-13,23-24H,3,8-11,14-15H2,1-2H3. The lowest BCUT2D eigenvalue weighted by molar-refractivity contribution is 0.0938. The van der Waals surface area contributed by atoms with Gasteiger partial charge >= 0.3 is 0 Å². The number of hydrogen-bond donors (Lipinski definition) is 2. The van der Waals surface area contributed by atoms with E-state index in [1.54, 1.807) is 0 Å². The molecule has 0 aromatic heterocycles. The number of rotatable bonds is 12. The summed E-state index contributed by atoms with van der Waals surface area (Å²) in [6.45, 7) is 7.47. The van der Waals surface area contributed by atoms with Gasteiger partial charge in [0.05, 0.1) is 26.4 Å². The average Bonchev–Trinajstić information content (AvgIpc) is 2.67. The van der Waals surface area contributed by atoms with E-state index in [4.69, 9.17) is 19.3 Å². The van der Waals surface area contributed by atoms with E-state index in [1.807, 2.05) is 19.1 Å². The molecule has 0 amide bonds. The van der Waals surface area contributed by atoms with E-state index >= 15 is 0 Å². The fourth-order valence-electron chi connectivity index (χ4n) is 2.47. The second-order valence-corrected chi connectivity index (χ2v) is 6.96. The van der Waals surface area contributed by atoms with Crippen LogP contribution in [0.1, 0.15) is 23.6 Å². The number of aliphatic hydroxyl groups is 1. The van der Waals surface area contributed by atoms with Crippen LogP contribution in [-0.4, -0.2) is 38.1 Å². The summed E-state index contributed by atoms with van der Waals surface area (Å²) >= 11 is 3.62. The predicted molar refractivity (Wildman–Crippen MR) is 110 cm³/mol. The molecular formula is C21H28BrNO4. The van der Waals surface area contributed by atoms with Gasteiger partial charge in [-0.3, -0.25) is 0 Å². The maximum Gasteiger partial charge on any atom is 0.162 e. The van der Waals surface area contributed by atoms with Crippen LogP contribution < -0.4 is 14.8 Å². The molecule has 0 radical (unpaired) electrons. The Labute approximate surface area is 169 Å². The zero-order valence-electron chi connectivity index (χ0n) is 16.0. The van der Waals surface area contributed by atoms with Crippen molar-refractivity contribution in [3.8, 4) is 11.5 Å². The zero-order chi connectivity index (χ0) is 19.5. The van der Waals surface area contributed by atoms with Crippen LogP contribution >= 0.6 is 15.9 Å². The Morgan fingerprint density at radius 2 is 1.78 bits per heavy atom. The minimum atomic E-state index is 0.0489. The van der Waals surface area contributed by atoms with Gasteiger partial charge in [0.2, 0.25) is 0 Å². The van der Waals surface area contributed by atoms with Gasteiger partial charge in [-0.1, -0.05) is 45.8 Å². The van der Waals surface area contributed by atoms with Crippen molar-refractivity contribution in [3.63, 3.8) is 0 Å². The summed E-state index contributed by atoms with van der Waals surface area (Å²) in [5, 5.41) is 12.0. The Bertz CT molecular complexity index is 691. The number of benzene rings is 2. The predicted octanol–water partition coefficient (Wildman–Crippen LogP) is 3.83. The number of aryl methyl sites for hydroxylation is 1. The van der Waals surface area contributed by atoms with E-state index in [0.29, 0.717) is 39.5 Å². The van der Waals surface area contributed by atoms with Crippen molar-refractivity contribution in [2.75, 3.05) is 33.0 Å². The number of nitrogens with one attached hydrogen (secondary N) is 1. The Morgan fingerprint density at radius 3 is 2.48 bits per heavy atom. The highest BCUT2D eigenvalue weighted by Crippen LogP contribution is 2.34. The lowest BCUT2D eigenvalue weighted by atomic mass is 10.1. The molecule has 0 aliphatic heterocycles. The monoisotopic (exact) mass is 437 g/mol. The molecule has 0 aliphatic rings. The maximum atomic E-state index is 8.70. The summed E-state index contributed by atoms with van der Waals surface area (Å²) < 4.78 is 18.0. The summed E-state index contributed by atoms with van der Waals surface area (Å²) in [7, 11) is 0. The molecule has 0 fully saturated rings. The van der Waals surface area contributed by atoms with Crippen molar-refractivity contribution >= 4 is 15.9 Å². The molecule has 2 aromatic carbocycles. The lowest BCUT2D eigenvalue weighted by Gasteiger charge is -2.15. The molecule has 2 rings (SSSR count). The molecule has 148 valence electrons. The molecule has 6 heteroatoms. The third-order valence-corrected chi connectivity index (χ3v) is 4.64. The highest BCUT2D eigenvalue weighted by Gasteiger charge is 2.11. The fraction of sp³-hybridized carbons (Fsp3) is 0.429. The van der Waals surface area contributed by atoms with Gasteiger partial charge in [0.25, 0.3) is 0 Å². The van der Waals surface area contributed by atoms with Gasteiger partial charge in [-0.25, -0.2) is 0 Å². The Balaban J connectivity index is 1.98. The Hall–Kier alpha value is -1.60. The van der Waals surface area contributed by atoms with E-state index in [-0.39, 0.29) is 6.61 Å². The number of aliphatic hydroxyl groups excluding tert-OH is 1. The first-order chi connectivity index (χ1) is 13.1. The second kappa shape index (κ2) is 12.0. The summed E-state index contributed by atoms with van der Waals surface area (Å²) in [6, 6.07) is 12.3. The first-order valence-electron chi connectivity index (χ1n) is 9.17. The number of hydrogen-bond acceptors (Lipinski definition) is 5. The molecule has 0 saturated carbocycles. The van der Waals surface area contributed by atoms with Gasteiger partial charge < -0.3 is 24.6 Å². The molecule has 0 saturated heterocycles. The summed E-state index contributed by atoms with van der Waals surface area (Å²) in [5.41, 5.74) is 3.44. The van der Waals surface area contributed by atoms with Crippen LogP contribution in [0.2, 0.25) is 0 Å². The average molecular weight is 438 g/mol. The molecule has 0 bridgehead atoms. The van der Waals surface area contributed by atoms with E-state index in [2.05, 4.69) is 52.4 Å². The highest BCUT2D eigenvalue weighted by atomic mass is 79.9. The number of ether oxygens (including phenoxy) is 3. The van der Waals surface area contributed by atoms with E-state index in [9.17, 15) is 0 Å². The molecule has 27 heavy (non-hydrogen) atoms. The van der Waals surface area contributed by atoms with Gasteiger partial charge in [-0.05, 0) is 37.1 Å². The molecule has 2 N–H and O–H groups in total. The summed E-state index contributed by atoms with van der Waals surface area (Å²) in [4.78, 5) is 0. The van der Waals surface area contributed by atoms with E-state index in [1.165, 1.54) is 5.56 Å². The normalized spacial score (nSPS) is 10.8. The molecule has 0 atom stereocenters. The van der Waals surface area contributed by atoms with Gasteiger partial charge in [-0.2, -0.15) is 0 Å². The van der Waals surface area contributed by atoms with Crippen molar-refractivity contribution in [1.82, 2.24) is 5.32 Å². The third-order valence-electron chi connectivity index (χ3n) is 3.90. The van der Waals surface area contributed by atoms with Crippen molar-refractivity contribution in [2.45, 2.75) is 27.0 Å². The van der Waals surface area contributed by atoms with Crippen molar-refractivity contribution < 1.29 is 19.3 Å². The quantitative estimate of drug-likeness (QED) is 0.494. The van der Waals surface area contributed by atoms with Crippen LogP contribution in [0.25, 0.3) is 0 Å². The largest absolute Gasteiger partial charge is 0.490 e. The smallest absolute Gasteiger partial charge is 0.162 e. The van der Waals surface area contributed by atoms with Crippen LogP contribution in [0.4, 0.5) is 0 Å². The first kappa shape index (κ1) is 21.7. The third kappa shape index (κ3) is 7.50. The van der Waals surface area contributed by atoms with Crippen LogP contribution in [0.5, 0.6) is 11.5 Å². The SMILES string of the molecule is CCOc1cc(CNCCOCCO)c(Br)cc1OCc1ccc(C)cc1. The molecule has 2 aromatic rings. The lowest BCUT2D eigenvalue weighted by Crippen LogP contribution is -2.20. The molecule has 0 unspecified atom stereocenters. The van der Waals surface area contributed by atoms with Gasteiger partial charge in [0.15, 0.2) is 11.5 Å². The second-order valence-electron chi connectivity index (χ2n) is 6.11. The minimum absolute atomic E-state index is 0.0489. The zero-order valence-corrected chi connectivity index (χ0v) is 17.5.